The number of nitrogens with one attached hydrogen (secondary N) is 1. The predicted octanol–water partition coefficient (Wildman–Crippen LogP) is 4.89. The first-order valence-corrected chi connectivity index (χ1v) is 15.5. The number of hydrogen-bond acceptors (Lipinski definition) is 7. The molecule has 1 aromatic heterocycles. The smallest absolute Gasteiger partial charge is 0.331 e. The molecule has 13 heteroatoms. The van der Waals surface area contributed by atoms with Crippen LogP contribution in [0.15, 0.2) is 70.8 Å². The Bertz CT molecular complexity index is 1570. The van der Waals surface area contributed by atoms with Gasteiger partial charge in [-0.05, 0) is 42.7 Å². The van der Waals surface area contributed by atoms with Crippen molar-refractivity contribution in [1.82, 2.24) is 4.98 Å². The number of hydrogen-bond donors (Lipinski definition) is 2. The van der Waals surface area contributed by atoms with E-state index in [4.69, 9.17) is 33.7 Å². The van der Waals surface area contributed by atoms with Crippen molar-refractivity contribution in [2.45, 2.75) is 48.3 Å². The SMILES string of the molecule is COC(=O)[C@H](Cc1ccc(NC(=O)c2c(Cl)cncc2Cl)cc1)N=C(N)N(C)c1ccccc1S(=O)(=O)C1CCCC1. The molecule has 0 aliphatic heterocycles. The van der Waals surface area contributed by atoms with Crippen molar-refractivity contribution in [3.63, 3.8) is 0 Å². The second kappa shape index (κ2) is 13.5. The largest absolute Gasteiger partial charge is 0.467 e. The standard InChI is InChI=1S/C29H31Cl2N5O5S/c1-36(24-9-5-6-10-25(24)42(39,40)20-7-3-4-8-20)29(32)35-23(28(38)41-2)15-18-11-13-19(14-12-18)34-27(37)26-21(30)16-33-17-22(26)31/h5-6,9-14,16-17,20,23H,3-4,7-8,15H2,1-2H3,(H2,32,35)(H,34,37)/t23-/m0/s1. The first-order chi connectivity index (χ1) is 20.0. The fourth-order valence-electron chi connectivity index (χ4n) is 4.81. The van der Waals surface area contributed by atoms with Crippen LogP contribution in [0.2, 0.25) is 10.0 Å². The average Bonchev–Trinajstić information content (AvgIpc) is 3.53. The summed E-state index contributed by atoms with van der Waals surface area (Å²) in [4.78, 5) is 35.2. The van der Waals surface area contributed by atoms with Crippen molar-refractivity contribution in [2.75, 3.05) is 24.4 Å². The monoisotopic (exact) mass is 631 g/mol. The number of benzene rings is 2. The lowest BCUT2D eigenvalue weighted by atomic mass is 10.1. The predicted molar refractivity (Wildman–Crippen MR) is 164 cm³/mol. The highest BCUT2D eigenvalue weighted by Gasteiger charge is 2.33. The fraction of sp³-hybridized carbons (Fsp3) is 0.310. The van der Waals surface area contributed by atoms with Gasteiger partial charge in [0.25, 0.3) is 5.91 Å². The van der Waals surface area contributed by atoms with Crippen LogP contribution in [0.1, 0.15) is 41.6 Å². The van der Waals surface area contributed by atoms with Gasteiger partial charge in [-0.25, -0.2) is 18.2 Å². The number of para-hydroxylation sites is 1. The Morgan fingerprint density at radius 1 is 1.10 bits per heavy atom. The van der Waals surface area contributed by atoms with Gasteiger partial charge in [-0.3, -0.25) is 9.78 Å². The highest BCUT2D eigenvalue weighted by molar-refractivity contribution is 7.92. The Balaban J connectivity index is 1.52. The van der Waals surface area contributed by atoms with Gasteiger partial charge >= 0.3 is 5.97 Å². The number of nitrogens with zero attached hydrogens (tertiary/aromatic N) is 3. The van der Waals surface area contributed by atoms with Crippen LogP contribution in [0.5, 0.6) is 0 Å². The molecule has 222 valence electrons. The number of ether oxygens (including phenoxy) is 1. The Labute approximate surface area is 254 Å². The van der Waals surface area contributed by atoms with Crippen LogP contribution in [-0.2, 0) is 25.8 Å². The number of amides is 1. The maximum atomic E-state index is 13.4. The molecule has 1 aliphatic carbocycles. The Morgan fingerprint density at radius 2 is 1.71 bits per heavy atom. The van der Waals surface area contributed by atoms with Crippen LogP contribution >= 0.6 is 23.2 Å². The maximum Gasteiger partial charge on any atom is 0.331 e. The molecule has 1 saturated carbocycles. The second-order valence-corrected chi connectivity index (χ2v) is 12.8. The summed E-state index contributed by atoms with van der Waals surface area (Å²) in [6.45, 7) is 0. The number of nitrogens with two attached hydrogens (primary N) is 1. The Hall–Kier alpha value is -3.67. The van der Waals surface area contributed by atoms with E-state index in [1.807, 2.05) is 0 Å². The number of carbonyl (C=O) groups excluding carboxylic acids is 2. The highest BCUT2D eigenvalue weighted by atomic mass is 35.5. The molecule has 0 spiro atoms. The molecule has 0 saturated heterocycles. The van der Waals surface area contributed by atoms with Crippen molar-refractivity contribution in [2.24, 2.45) is 10.7 Å². The summed E-state index contributed by atoms with van der Waals surface area (Å²) < 4.78 is 31.7. The summed E-state index contributed by atoms with van der Waals surface area (Å²) >= 11 is 12.1. The third kappa shape index (κ3) is 7.03. The van der Waals surface area contributed by atoms with Gasteiger partial charge in [0.1, 0.15) is 0 Å². The molecule has 3 N–H and O–H groups in total. The molecule has 2 aromatic carbocycles. The number of halogens is 2. The van der Waals surface area contributed by atoms with Gasteiger partial charge in [0.2, 0.25) is 0 Å². The maximum absolute atomic E-state index is 13.4. The summed E-state index contributed by atoms with van der Waals surface area (Å²) in [6, 6.07) is 12.4. The number of sulfone groups is 1. The van der Waals surface area contributed by atoms with E-state index in [2.05, 4.69) is 15.3 Å². The van der Waals surface area contributed by atoms with Crippen molar-refractivity contribution in [3.05, 3.63) is 82.1 Å². The Kier molecular flexibility index (Phi) is 10.1. The molecular weight excluding hydrogens is 601 g/mol. The van der Waals surface area contributed by atoms with Gasteiger partial charge < -0.3 is 20.7 Å². The van der Waals surface area contributed by atoms with Crippen LogP contribution < -0.4 is 16.0 Å². The van der Waals surface area contributed by atoms with E-state index in [-0.39, 0.29) is 32.9 Å². The number of carbonyl (C=O) groups is 2. The average molecular weight is 633 g/mol. The number of aliphatic imine (C=N–C) groups is 1. The van der Waals surface area contributed by atoms with Crippen LogP contribution in [0.4, 0.5) is 11.4 Å². The van der Waals surface area contributed by atoms with Crippen molar-refractivity contribution < 1.29 is 22.7 Å². The quantitative estimate of drug-likeness (QED) is 0.193. The minimum atomic E-state index is -3.57. The Morgan fingerprint density at radius 3 is 2.33 bits per heavy atom. The van der Waals surface area contributed by atoms with E-state index in [0.717, 1.165) is 12.8 Å². The lowest BCUT2D eigenvalue weighted by Crippen LogP contribution is -2.38. The lowest BCUT2D eigenvalue weighted by molar-refractivity contribution is -0.142. The van der Waals surface area contributed by atoms with Crippen molar-refractivity contribution in [3.8, 4) is 0 Å². The molecule has 1 aliphatic rings. The summed E-state index contributed by atoms with van der Waals surface area (Å²) in [5.41, 5.74) is 8.00. The van der Waals surface area contributed by atoms with Gasteiger partial charge in [0.05, 0.1) is 38.6 Å². The molecule has 1 fully saturated rings. The van der Waals surface area contributed by atoms with Gasteiger partial charge in [0.15, 0.2) is 21.8 Å². The van der Waals surface area contributed by atoms with Crippen molar-refractivity contribution >= 4 is 62.2 Å². The molecule has 3 aromatic rings. The summed E-state index contributed by atoms with van der Waals surface area (Å²) in [6.07, 6.45) is 5.81. The number of methoxy groups -OCH3 is 1. The number of rotatable bonds is 9. The third-order valence-corrected chi connectivity index (χ3v) is 9.98. The molecule has 0 bridgehead atoms. The van der Waals surface area contributed by atoms with Gasteiger partial charge in [-0.2, -0.15) is 0 Å². The van der Waals surface area contributed by atoms with E-state index >= 15 is 0 Å². The topological polar surface area (TPSA) is 144 Å². The molecule has 1 atom stereocenters. The molecule has 0 unspecified atom stereocenters. The van der Waals surface area contributed by atoms with E-state index in [1.54, 1.807) is 55.6 Å². The lowest BCUT2D eigenvalue weighted by Gasteiger charge is -2.24. The first-order valence-electron chi connectivity index (χ1n) is 13.2. The van der Waals surface area contributed by atoms with Crippen molar-refractivity contribution in [1.29, 1.82) is 0 Å². The van der Waals surface area contributed by atoms with E-state index in [9.17, 15) is 18.0 Å². The van der Waals surface area contributed by atoms with Gasteiger partial charge in [-0.15, -0.1) is 0 Å². The molecular formula is C29H31Cl2N5O5S. The molecule has 0 radical (unpaired) electrons. The zero-order chi connectivity index (χ0) is 30.4. The minimum Gasteiger partial charge on any atom is -0.467 e. The zero-order valence-corrected chi connectivity index (χ0v) is 25.4. The zero-order valence-electron chi connectivity index (χ0n) is 23.1. The van der Waals surface area contributed by atoms with Gasteiger partial charge in [-0.1, -0.05) is 60.3 Å². The van der Waals surface area contributed by atoms with Gasteiger partial charge in [0, 0.05) is 31.5 Å². The number of aromatic nitrogens is 1. The van der Waals surface area contributed by atoms with E-state index < -0.39 is 33.0 Å². The van der Waals surface area contributed by atoms with Crippen LogP contribution in [-0.4, -0.2) is 56.7 Å². The van der Waals surface area contributed by atoms with Crippen LogP contribution in [0, 0.1) is 0 Å². The summed E-state index contributed by atoms with van der Waals surface area (Å²) in [5, 5.41) is 2.54. The first kappa shape index (κ1) is 31.3. The molecule has 4 rings (SSSR count). The molecule has 10 nitrogen and oxygen atoms in total. The van der Waals surface area contributed by atoms with E-state index in [1.165, 1.54) is 24.4 Å². The van der Waals surface area contributed by atoms with Crippen LogP contribution in [0.3, 0.4) is 0 Å². The highest BCUT2D eigenvalue weighted by Crippen LogP contribution is 2.34. The summed E-state index contributed by atoms with van der Waals surface area (Å²) in [7, 11) is -0.715. The third-order valence-electron chi connectivity index (χ3n) is 7.10. The number of anilines is 2. The normalized spacial score (nSPS) is 14.8. The fourth-order valence-corrected chi connectivity index (χ4v) is 7.42. The number of pyridine rings is 1. The van der Waals surface area contributed by atoms with E-state index in [0.29, 0.717) is 29.8 Å². The molecule has 42 heavy (non-hydrogen) atoms. The number of esters is 1. The number of guanidine groups is 1. The molecule has 1 amide bonds. The van der Waals surface area contributed by atoms with Crippen LogP contribution in [0.25, 0.3) is 0 Å². The molecule has 1 heterocycles. The second-order valence-electron chi connectivity index (χ2n) is 9.84. The minimum absolute atomic E-state index is 0.0468. The summed E-state index contributed by atoms with van der Waals surface area (Å²) in [5.74, 6) is -1.16.